The van der Waals surface area contributed by atoms with E-state index in [-0.39, 0.29) is 11.9 Å². The summed E-state index contributed by atoms with van der Waals surface area (Å²) in [7, 11) is 0. The smallest absolute Gasteiger partial charge is 0.261 e. The first-order chi connectivity index (χ1) is 7.04. The highest BCUT2D eigenvalue weighted by atomic mass is 79.9. The molecule has 0 aliphatic heterocycles. The molecule has 84 valence electrons. The Morgan fingerprint density at radius 2 is 2.33 bits per heavy atom. The molecule has 1 unspecified atom stereocenters. The monoisotopic (exact) mass is 354 g/mol. The summed E-state index contributed by atoms with van der Waals surface area (Å²) in [5, 5.41) is 2.80. The molecule has 15 heavy (non-hydrogen) atoms. The largest absolute Gasteiger partial charge is 0.350 e. The Kier molecular flexibility index (Phi) is 5.25. The molecule has 3 nitrogen and oxygen atoms in total. The van der Waals surface area contributed by atoms with Crippen LogP contribution in [0.1, 0.15) is 23.0 Å². The van der Waals surface area contributed by atoms with Crippen molar-refractivity contribution in [1.82, 2.24) is 5.32 Å². The molecule has 0 aromatic carbocycles. The Bertz CT molecular complexity index is 334. The minimum Gasteiger partial charge on any atom is -0.350 e. The predicted molar refractivity (Wildman–Crippen MR) is 70.3 cm³/mol. The van der Waals surface area contributed by atoms with E-state index in [2.05, 4.69) is 37.2 Å². The summed E-state index contributed by atoms with van der Waals surface area (Å²) in [4.78, 5) is 12.3. The summed E-state index contributed by atoms with van der Waals surface area (Å²) in [5.74, 6) is -0.0738. The fraction of sp³-hybridized carbons (Fsp3) is 0.444. The van der Waals surface area contributed by atoms with Gasteiger partial charge in [-0.05, 0) is 44.3 Å². The number of carbonyl (C=O) groups is 1. The van der Waals surface area contributed by atoms with E-state index in [1.165, 1.54) is 11.3 Å². The van der Waals surface area contributed by atoms with Crippen LogP contribution in [0.3, 0.4) is 0 Å². The van der Waals surface area contributed by atoms with Crippen molar-refractivity contribution in [3.8, 4) is 0 Å². The van der Waals surface area contributed by atoms with Crippen LogP contribution < -0.4 is 11.1 Å². The van der Waals surface area contributed by atoms with Gasteiger partial charge in [0.2, 0.25) is 0 Å². The molecule has 3 N–H and O–H groups in total. The molecule has 6 heteroatoms. The molecular formula is C9H12Br2N2OS. The number of hydrogen-bond donors (Lipinski definition) is 2. The summed E-state index contributed by atoms with van der Waals surface area (Å²) in [6.45, 7) is 2.51. The predicted octanol–water partition coefficient (Wildman–Crippen LogP) is 2.74. The van der Waals surface area contributed by atoms with Crippen LogP contribution in [0.5, 0.6) is 0 Å². The maximum Gasteiger partial charge on any atom is 0.261 e. The summed E-state index contributed by atoms with van der Waals surface area (Å²) in [6.07, 6.45) is 0.859. The van der Waals surface area contributed by atoms with E-state index in [1.807, 2.05) is 6.92 Å². The van der Waals surface area contributed by atoms with E-state index >= 15 is 0 Å². The summed E-state index contributed by atoms with van der Waals surface area (Å²) in [5.41, 5.74) is 5.70. The molecule has 0 saturated carbocycles. The molecule has 0 aliphatic rings. The lowest BCUT2D eigenvalue weighted by Crippen LogP contribution is -2.36. The minimum atomic E-state index is -0.0738. The second kappa shape index (κ2) is 5.98. The van der Waals surface area contributed by atoms with Crippen LogP contribution in [0.2, 0.25) is 0 Å². The number of nitrogens with two attached hydrogens (primary N) is 1. The fourth-order valence-electron chi connectivity index (χ4n) is 0.914. The first kappa shape index (κ1) is 13.2. The van der Waals surface area contributed by atoms with Crippen molar-refractivity contribution in [3.05, 3.63) is 19.2 Å². The van der Waals surface area contributed by atoms with E-state index < -0.39 is 0 Å². The van der Waals surface area contributed by atoms with Gasteiger partial charge in [0, 0.05) is 17.1 Å². The van der Waals surface area contributed by atoms with Crippen LogP contribution in [0.15, 0.2) is 14.3 Å². The number of nitrogens with one attached hydrogen (secondary N) is 1. The maximum absolute atomic E-state index is 11.6. The van der Waals surface area contributed by atoms with Crippen LogP contribution in [-0.2, 0) is 0 Å². The minimum absolute atomic E-state index is 0.0285. The van der Waals surface area contributed by atoms with E-state index in [1.54, 1.807) is 6.07 Å². The van der Waals surface area contributed by atoms with Gasteiger partial charge in [-0.1, -0.05) is 6.92 Å². The molecule has 1 aromatic heterocycles. The van der Waals surface area contributed by atoms with Crippen LogP contribution in [0.25, 0.3) is 0 Å². The van der Waals surface area contributed by atoms with E-state index in [0.29, 0.717) is 11.4 Å². The molecule has 1 rings (SSSR count). The van der Waals surface area contributed by atoms with Gasteiger partial charge in [-0.3, -0.25) is 4.79 Å². The zero-order valence-corrected chi connectivity index (χ0v) is 12.2. The molecule has 1 amide bonds. The van der Waals surface area contributed by atoms with E-state index in [4.69, 9.17) is 5.73 Å². The molecule has 0 spiro atoms. The van der Waals surface area contributed by atoms with Gasteiger partial charge in [-0.2, -0.15) is 0 Å². The van der Waals surface area contributed by atoms with Crippen molar-refractivity contribution >= 4 is 49.1 Å². The maximum atomic E-state index is 11.6. The highest BCUT2D eigenvalue weighted by Crippen LogP contribution is 2.32. The Labute approximate surface area is 110 Å². The first-order valence-electron chi connectivity index (χ1n) is 4.53. The third-order valence-electron chi connectivity index (χ3n) is 1.92. The van der Waals surface area contributed by atoms with Crippen molar-refractivity contribution in [2.24, 2.45) is 5.73 Å². The fourth-order valence-corrected chi connectivity index (χ4v) is 2.87. The summed E-state index contributed by atoms with van der Waals surface area (Å²) in [6, 6.07) is 1.82. The average Bonchev–Trinajstić information content (AvgIpc) is 2.55. The lowest BCUT2D eigenvalue weighted by Gasteiger charge is -2.08. The van der Waals surface area contributed by atoms with Gasteiger partial charge in [-0.15, -0.1) is 11.3 Å². The molecule has 1 heterocycles. The zero-order chi connectivity index (χ0) is 11.4. The summed E-state index contributed by atoms with van der Waals surface area (Å²) >= 11 is 8.08. The van der Waals surface area contributed by atoms with Gasteiger partial charge in [0.1, 0.15) is 0 Å². The topological polar surface area (TPSA) is 55.1 Å². The molecule has 0 bridgehead atoms. The lowest BCUT2D eigenvalue weighted by atomic mass is 10.2. The van der Waals surface area contributed by atoms with Gasteiger partial charge in [0.05, 0.1) is 8.66 Å². The molecular weight excluding hydrogens is 344 g/mol. The van der Waals surface area contributed by atoms with Gasteiger partial charge in [0.25, 0.3) is 5.91 Å². The normalized spacial score (nSPS) is 12.5. The average molecular weight is 356 g/mol. The van der Waals surface area contributed by atoms with Crippen molar-refractivity contribution in [2.45, 2.75) is 19.4 Å². The Morgan fingerprint density at radius 1 is 1.67 bits per heavy atom. The molecule has 1 aromatic rings. The summed E-state index contributed by atoms with van der Waals surface area (Å²) < 4.78 is 1.82. The van der Waals surface area contributed by atoms with Crippen LogP contribution in [-0.4, -0.2) is 18.5 Å². The number of hydrogen-bond acceptors (Lipinski definition) is 3. The second-order valence-electron chi connectivity index (χ2n) is 3.11. The first-order valence-corrected chi connectivity index (χ1v) is 6.93. The SMILES string of the molecule is CCC(N)CNC(=O)c1cc(Br)c(Br)s1. The van der Waals surface area contributed by atoms with E-state index in [0.717, 1.165) is 14.7 Å². The standard InChI is InChI=1S/C9H12Br2N2OS/c1-2-5(12)4-13-9(14)7-3-6(10)8(11)15-7/h3,5H,2,4,12H2,1H3,(H,13,14). The van der Waals surface area contributed by atoms with Gasteiger partial charge in [0.15, 0.2) is 0 Å². The Hall–Kier alpha value is 0.0900. The third kappa shape index (κ3) is 3.86. The van der Waals surface area contributed by atoms with Crippen LogP contribution in [0, 0.1) is 0 Å². The van der Waals surface area contributed by atoms with Crippen molar-refractivity contribution in [2.75, 3.05) is 6.54 Å². The zero-order valence-electron chi connectivity index (χ0n) is 8.22. The molecule has 0 fully saturated rings. The number of rotatable bonds is 4. The molecule has 0 radical (unpaired) electrons. The number of carbonyl (C=O) groups excluding carboxylic acids is 1. The van der Waals surface area contributed by atoms with Crippen LogP contribution >= 0.6 is 43.2 Å². The van der Waals surface area contributed by atoms with E-state index in [9.17, 15) is 4.79 Å². The Morgan fingerprint density at radius 3 is 2.80 bits per heavy atom. The van der Waals surface area contributed by atoms with Gasteiger partial charge >= 0.3 is 0 Å². The van der Waals surface area contributed by atoms with Crippen molar-refractivity contribution < 1.29 is 4.79 Å². The highest BCUT2D eigenvalue weighted by Gasteiger charge is 2.12. The third-order valence-corrected chi connectivity index (χ3v) is 5.17. The highest BCUT2D eigenvalue weighted by molar-refractivity contribution is 9.13. The quantitative estimate of drug-likeness (QED) is 0.872. The van der Waals surface area contributed by atoms with Crippen molar-refractivity contribution in [1.29, 1.82) is 0 Å². The Balaban J connectivity index is 2.54. The lowest BCUT2D eigenvalue weighted by molar-refractivity contribution is 0.0955. The second-order valence-corrected chi connectivity index (χ2v) is 6.34. The molecule has 0 saturated heterocycles. The van der Waals surface area contributed by atoms with Gasteiger partial charge in [-0.25, -0.2) is 0 Å². The molecule has 0 aliphatic carbocycles. The van der Waals surface area contributed by atoms with Crippen molar-refractivity contribution in [3.63, 3.8) is 0 Å². The van der Waals surface area contributed by atoms with Gasteiger partial charge < -0.3 is 11.1 Å². The number of thiophene rings is 1. The number of amides is 1. The van der Waals surface area contributed by atoms with Crippen LogP contribution in [0.4, 0.5) is 0 Å². The number of halogens is 2. The molecule has 1 atom stereocenters.